The number of carbonyl (C=O) groups is 1. The Labute approximate surface area is 157 Å². The van der Waals surface area contributed by atoms with Gasteiger partial charge in [-0.05, 0) is 50.1 Å². The molecular formula is C21H21N3OS. The van der Waals surface area contributed by atoms with Crippen molar-refractivity contribution in [2.75, 3.05) is 5.32 Å². The average Bonchev–Trinajstić information content (AvgIpc) is 2.95. The fraction of sp³-hybridized carbons (Fsp3) is 0.238. The zero-order valence-corrected chi connectivity index (χ0v) is 16.2. The maximum Gasteiger partial charge on any atom is 0.276 e. The molecule has 1 aliphatic rings. The molecule has 1 amide bonds. The van der Waals surface area contributed by atoms with Gasteiger partial charge in [0.1, 0.15) is 0 Å². The Morgan fingerprint density at radius 2 is 1.85 bits per heavy atom. The highest BCUT2D eigenvalue weighted by molar-refractivity contribution is 7.98. The molecule has 0 aliphatic carbocycles. The van der Waals surface area contributed by atoms with Crippen LogP contribution in [0.1, 0.15) is 32.7 Å². The molecule has 1 N–H and O–H groups in total. The molecule has 0 spiro atoms. The van der Waals surface area contributed by atoms with E-state index < -0.39 is 0 Å². The van der Waals surface area contributed by atoms with Gasteiger partial charge in [0.15, 0.2) is 5.69 Å². The van der Waals surface area contributed by atoms with Gasteiger partial charge in [0.25, 0.3) is 5.91 Å². The van der Waals surface area contributed by atoms with Crippen LogP contribution in [0.15, 0.2) is 41.3 Å². The number of thioether (sulfide) groups is 1. The minimum absolute atomic E-state index is 0.146. The summed E-state index contributed by atoms with van der Waals surface area (Å²) in [6.45, 7) is 6.11. The molecule has 2 aromatic carbocycles. The second-order valence-corrected chi connectivity index (χ2v) is 7.88. The number of aryl methyl sites for hydroxylation is 4. The van der Waals surface area contributed by atoms with Crippen molar-refractivity contribution in [1.82, 2.24) is 9.78 Å². The maximum atomic E-state index is 12.9. The second-order valence-electron chi connectivity index (χ2n) is 6.86. The quantitative estimate of drug-likeness (QED) is 0.706. The first-order valence-corrected chi connectivity index (χ1v) is 9.61. The summed E-state index contributed by atoms with van der Waals surface area (Å²) < 4.78 is 1.84. The van der Waals surface area contributed by atoms with Crippen molar-refractivity contribution in [2.45, 2.75) is 31.4 Å². The molecule has 0 atom stereocenters. The van der Waals surface area contributed by atoms with Gasteiger partial charge in [0, 0.05) is 34.5 Å². The van der Waals surface area contributed by atoms with Crippen LogP contribution in [0.2, 0.25) is 0 Å². The second kappa shape index (κ2) is 6.32. The molecule has 1 aliphatic heterocycles. The number of amides is 1. The number of rotatable bonds is 2. The number of nitrogens with one attached hydrogen (secondary N) is 1. The molecule has 0 saturated heterocycles. The summed E-state index contributed by atoms with van der Waals surface area (Å²) in [5.41, 5.74) is 7.96. The highest BCUT2D eigenvalue weighted by Crippen LogP contribution is 2.43. The number of benzene rings is 2. The van der Waals surface area contributed by atoms with E-state index >= 15 is 0 Å². The highest BCUT2D eigenvalue weighted by Gasteiger charge is 2.28. The number of carbonyl (C=O) groups excluding carboxylic acids is 1. The summed E-state index contributed by atoms with van der Waals surface area (Å²) >= 11 is 1.76. The third-order valence-electron chi connectivity index (χ3n) is 4.76. The zero-order valence-electron chi connectivity index (χ0n) is 15.4. The number of hydrogen-bond acceptors (Lipinski definition) is 3. The van der Waals surface area contributed by atoms with Gasteiger partial charge in [-0.2, -0.15) is 5.10 Å². The van der Waals surface area contributed by atoms with Gasteiger partial charge >= 0.3 is 0 Å². The molecule has 0 fully saturated rings. The molecule has 2 heterocycles. The topological polar surface area (TPSA) is 46.9 Å². The van der Waals surface area contributed by atoms with Gasteiger partial charge in [0.2, 0.25) is 0 Å². The summed E-state index contributed by atoms with van der Waals surface area (Å²) in [6.07, 6.45) is 0. The lowest BCUT2D eigenvalue weighted by molar-refractivity contribution is 0.102. The first-order chi connectivity index (χ1) is 12.4. The van der Waals surface area contributed by atoms with Crippen LogP contribution in [-0.4, -0.2) is 15.7 Å². The first kappa shape index (κ1) is 16.9. The van der Waals surface area contributed by atoms with E-state index in [4.69, 9.17) is 0 Å². The molecule has 3 aromatic rings. The Kier molecular flexibility index (Phi) is 4.11. The Balaban J connectivity index is 1.75. The molecule has 4 nitrogen and oxygen atoms in total. The van der Waals surface area contributed by atoms with Crippen molar-refractivity contribution in [1.29, 1.82) is 0 Å². The van der Waals surface area contributed by atoms with Crippen LogP contribution in [0.3, 0.4) is 0 Å². The smallest absolute Gasteiger partial charge is 0.276 e. The first-order valence-electron chi connectivity index (χ1n) is 8.62. The molecule has 0 unspecified atom stereocenters. The third-order valence-corrected chi connectivity index (χ3v) is 5.86. The van der Waals surface area contributed by atoms with E-state index in [1.54, 1.807) is 11.8 Å². The molecule has 26 heavy (non-hydrogen) atoms. The lowest BCUT2D eigenvalue weighted by Gasteiger charge is -2.18. The number of aromatic nitrogens is 2. The minimum atomic E-state index is -0.146. The van der Waals surface area contributed by atoms with Gasteiger partial charge in [-0.25, -0.2) is 0 Å². The van der Waals surface area contributed by atoms with Crippen molar-refractivity contribution >= 4 is 23.4 Å². The van der Waals surface area contributed by atoms with E-state index in [2.05, 4.69) is 35.5 Å². The largest absolute Gasteiger partial charge is 0.320 e. The van der Waals surface area contributed by atoms with E-state index in [0.29, 0.717) is 5.69 Å². The fourth-order valence-corrected chi connectivity index (χ4v) is 4.43. The summed E-state index contributed by atoms with van der Waals surface area (Å²) in [5.74, 6) is 0.613. The van der Waals surface area contributed by atoms with Crippen LogP contribution in [0.5, 0.6) is 0 Å². The molecule has 0 radical (unpaired) electrons. The third kappa shape index (κ3) is 2.82. The Hall–Kier alpha value is -2.53. The summed E-state index contributed by atoms with van der Waals surface area (Å²) in [7, 11) is 1.91. The summed E-state index contributed by atoms with van der Waals surface area (Å²) in [5, 5.41) is 7.60. The van der Waals surface area contributed by atoms with E-state index in [1.807, 2.05) is 43.8 Å². The van der Waals surface area contributed by atoms with Crippen LogP contribution < -0.4 is 5.32 Å². The van der Waals surface area contributed by atoms with Gasteiger partial charge in [-0.15, -0.1) is 11.8 Å². The predicted molar refractivity (Wildman–Crippen MR) is 107 cm³/mol. The maximum absolute atomic E-state index is 12.9. The summed E-state index contributed by atoms with van der Waals surface area (Å²) in [4.78, 5) is 14.2. The average molecular weight is 363 g/mol. The van der Waals surface area contributed by atoms with Gasteiger partial charge in [-0.3, -0.25) is 9.48 Å². The van der Waals surface area contributed by atoms with Crippen molar-refractivity contribution in [3.63, 3.8) is 0 Å². The van der Waals surface area contributed by atoms with E-state index in [0.717, 1.165) is 39.4 Å². The number of fused-ring (bicyclic) bond motifs is 3. The molecule has 0 saturated carbocycles. The van der Waals surface area contributed by atoms with E-state index in [-0.39, 0.29) is 5.91 Å². The number of nitrogens with zero attached hydrogens (tertiary/aromatic N) is 2. The standard InChI is InChI=1S/C21H21N3OS/c1-12-6-8-18-15(9-12)20-16(11-26-18)19(23-24(20)4)21(25)22-17-10-13(2)5-7-14(17)3/h5-10H,11H2,1-4H3,(H,22,25). The van der Waals surface area contributed by atoms with Crippen molar-refractivity contribution in [2.24, 2.45) is 7.05 Å². The molecular weight excluding hydrogens is 342 g/mol. The van der Waals surface area contributed by atoms with E-state index in [1.165, 1.54) is 10.5 Å². The van der Waals surface area contributed by atoms with Crippen LogP contribution in [0.25, 0.3) is 11.3 Å². The SMILES string of the molecule is Cc1ccc(C)c(NC(=O)c2nn(C)c3c2CSc2ccc(C)cc2-3)c1. The molecule has 0 bridgehead atoms. The molecule has 1 aromatic heterocycles. The monoisotopic (exact) mass is 363 g/mol. The Morgan fingerprint density at radius 3 is 2.65 bits per heavy atom. The van der Waals surface area contributed by atoms with E-state index in [9.17, 15) is 4.79 Å². The zero-order chi connectivity index (χ0) is 18.4. The van der Waals surface area contributed by atoms with Crippen molar-refractivity contribution < 1.29 is 4.79 Å². The molecule has 5 heteroatoms. The van der Waals surface area contributed by atoms with Gasteiger partial charge in [0.05, 0.1) is 5.69 Å². The van der Waals surface area contributed by atoms with Crippen LogP contribution >= 0.6 is 11.8 Å². The van der Waals surface area contributed by atoms with Crippen molar-refractivity contribution in [3.05, 3.63) is 64.3 Å². The summed E-state index contributed by atoms with van der Waals surface area (Å²) in [6, 6.07) is 12.5. The lowest BCUT2D eigenvalue weighted by atomic mass is 10.0. The van der Waals surface area contributed by atoms with Crippen molar-refractivity contribution in [3.8, 4) is 11.3 Å². The number of anilines is 1. The van der Waals surface area contributed by atoms with Crippen LogP contribution in [0.4, 0.5) is 5.69 Å². The fourth-order valence-electron chi connectivity index (χ4n) is 3.38. The Bertz CT molecular complexity index is 1040. The number of hydrogen-bond donors (Lipinski definition) is 1. The normalized spacial score (nSPS) is 12.5. The molecule has 4 rings (SSSR count). The van der Waals surface area contributed by atoms with Crippen LogP contribution in [-0.2, 0) is 12.8 Å². The van der Waals surface area contributed by atoms with Crippen LogP contribution in [0, 0.1) is 20.8 Å². The predicted octanol–water partition coefficient (Wildman–Crippen LogP) is 4.87. The lowest BCUT2D eigenvalue weighted by Crippen LogP contribution is -2.15. The highest BCUT2D eigenvalue weighted by atomic mass is 32.2. The Morgan fingerprint density at radius 1 is 1.12 bits per heavy atom. The molecule has 132 valence electrons. The minimum Gasteiger partial charge on any atom is -0.320 e. The van der Waals surface area contributed by atoms with Gasteiger partial charge < -0.3 is 5.32 Å². The van der Waals surface area contributed by atoms with Gasteiger partial charge in [-0.1, -0.05) is 23.8 Å².